The van der Waals surface area contributed by atoms with Crippen molar-refractivity contribution in [1.29, 1.82) is 0 Å². The lowest BCUT2D eigenvalue weighted by atomic mass is 10.3. The standard InChI is InChI=1S/C12H18N6O2S/c13-17-12-11(4-3-5-15-12)21(19,20)16-6-1-2-8-18-9-7-14-10-18/h3-5,7,9-10,16H,1-2,6,8,13H2,(H,15,17). The first-order valence-electron chi connectivity index (χ1n) is 6.50. The van der Waals surface area contributed by atoms with Crippen molar-refractivity contribution in [1.82, 2.24) is 19.3 Å². The number of nitrogens with two attached hydrogens (primary N) is 1. The molecule has 0 aliphatic heterocycles. The molecule has 2 heterocycles. The maximum atomic E-state index is 12.1. The lowest BCUT2D eigenvalue weighted by Crippen LogP contribution is -2.26. The summed E-state index contributed by atoms with van der Waals surface area (Å²) >= 11 is 0. The normalized spacial score (nSPS) is 11.5. The minimum atomic E-state index is -3.61. The number of anilines is 1. The van der Waals surface area contributed by atoms with Gasteiger partial charge in [-0.05, 0) is 25.0 Å². The van der Waals surface area contributed by atoms with Crippen LogP contribution in [0.4, 0.5) is 5.82 Å². The highest BCUT2D eigenvalue weighted by Gasteiger charge is 2.18. The molecule has 9 heteroatoms. The molecule has 21 heavy (non-hydrogen) atoms. The first kappa shape index (κ1) is 15.4. The highest BCUT2D eigenvalue weighted by Crippen LogP contribution is 2.16. The molecule has 114 valence electrons. The summed E-state index contributed by atoms with van der Waals surface area (Å²) in [6.45, 7) is 1.17. The van der Waals surface area contributed by atoms with Crippen LogP contribution in [0.15, 0.2) is 41.9 Å². The fraction of sp³-hybridized carbons (Fsp3) is 0.333. The monoisotopic (exact) mass is 310 g/mol. The summed E-state index contributed by atoms with van der Waals surface area (Å²) in [6.07, 6.45) is 8.38. The van der Waals surface area contributed by atoms with Crippen molar-refractivity contribution in [2.24, 2.45) is 5.84 Å². The Kier molecular flexibility index (Phi) is 5.26. The van der Waals surface area contributed by atoms with Crippen LogP contribution in [0.3, 0.4) is 0 Å². The van der Waals surface area contributed by atoms with Gasteiger partial charge in [-0.3, -0.25) is 0 Å². The molecule has 0 unspecified atom stereocenters. The lowest BCUT2D eigenvalue weighted by Gasteiger charge is -2.10. The predicted octanol–water partition coefficient (Wildman–Crippen LogP) is 0.322. The van der Waals surface area contributed by atoms with Gasteiger partial charge >= 0.3 is 0 Å². The average molecular weight is 310 g/mol. The number of rotatable bonds is 8. The third-order valence-corrected chi connectivity index (χ3v) is 4.38. The van der Waals surface area contributed by atoms with E-state index in [1.165, 1.54) is 12.3 Å². The van der Waals surface area contributed by atoms with E-state index < -0.39 is 10.0 Å². The number of aromatic nitrogens is 3. The summed E-state index contributed by atoms with van der Waals surface area (Å²) in [7, 11) is -3.61. The second kappa shape index (κ2) is 7.16. The van der Waals surface area contributed by atoms with Crippen LogP contribution < -0.4 is 16.0 Å². The van der Waals surface area contributed by atoms with Crippen LogP contribution in [-0.4, -0.2) is 29.5 Å². The minimum absolute atomic E-state index is 0.0436. The summed E-state index contributed by atoms with van der Waals surface area (Å²) in [6, 6.07) is 3.00. The Balaban J connectivity index is 1.84. The number of unbranched alkanes of at least 4 members (excludes halogenated alkanes) is 1. The number of hydrogen-bond donors (Lipinski definition) is 3. The molecule has 2 aromatic rings. The third-order valence-electron chi connectivity index (χ3n) is 2.89. The summed E-state index contributed by atoms with van der Waals surface area (Å²) < 4.78 is 28.8. The third kappa shape index (κ3) is 4.25. The van der Waals surface area contributed by atoms with Crippen molar-refractivity contribution in [3.05, 3.63) is 37.1 Å². The van der Waals surface area contributed by atoms with Gasteiger partial charge in [0, 0.05) is 31.7 Å². The van der Waals surface area contributed by atoms with Crippen LogP contribution in [0.25, 0.3) is 0 Å². The first-order valence-corrected chi connectivity index (χ1v) is 7.99. The molecule has 2 aromatic heterocycles. The number of hydrogen-bond acceptors (Lipinski definition) is 6. The zero-order chi connectivity index (χ0) is 15.1. The Bertz CT molecular complexity index is 656. The number of nitrogen functional groups attached to an aromatic ring is 1. The number of imidazole rings is 1. The minimum Gasteiger partial charge on any atom is -0.337 e. The Labute approximate surface area is 123 Å². The fourth-order valence-electron chi connectivity index (χ4n) is 1.84. The zero-order valence-electron chi connectivity index (χ0n) is 11.4. The van der Waals surface area contributed by atoms with Gasteiger partial charge < -0.3 is 9.99 Å². The molecule has 0 aliphatic rings. The number of hydrazine groups is 1. The number of aryl methyl sites for hydroxylation is 1. The van der Waals surface area contributed by atoms with Crippen molar-refractivity contribution in [2.75, 3.05) is 12.0 Å². The molecule has 0 spiro atoms. The number of pyridine rings is 1. The summed E-state index contributed by atoms with van der Waals surface area (Å²) in [5.41, 5.74) is 2.28. The summed E-state index contributed by atoms with van der Waals surface area (Å²) in [5, 5.41) is 0. The van der Waals surface area contributed by atoms with E-state index in [0.29, 0.717) is 6.54 Å². The van der Waals surface area contributed by atoms with Crippen molar-refractivity contribution in [3.8, 4) is 0 Å². The van der Waals surface area contributed by atoms with Gasteiger partial charge in [0.1, 0.15) is 4.90 Å². The number of nitrogens with zero attached hydrogens (tertiary/aromatic N) is 3. The van der Waals surface area contributed by atoms with Crippen LogP contribution in [0.2, 0.25) is 0 Å². The average Bonchev–Trinajstić information content (AvgIpc) is 3.00. The molecule has 0 amide bonds. The van der Waals surface area contributed by atoms with E-state index >= 15 is 0 Å². The van der Waals surface area contributed by atoms with Crippen molar-refractivity contribution >= 4 is 15.8 Å². The second-order valence-electron chi connectivity index (χ2n) is 4.40. The molecule has 0 radical (unpaired) electrons. The number of sulfonamides is 1. The molecule has 0 aromatic carbocycles. The van der Waals surface area contributed by atoms with Crippen LogP contribution in [0.5, 0.6) is 0 Å². The van der Waals surface area contributed by atoms with Gasteiger partial charge in [0.15, 0.2) is 5.82 Å². The van der Waals surface area contributed by atoms with E-state index in [4.69, 9.17) is 5.84 Å². The first-order chi connectivity index (χ1) is 10.1. The molecule has 4 N–H and O–H groups in total. The summed E-state index contributed by atoms with van der Waals surface area (Å²) in [4.78, 5) is 7.86. The highest BCUT2D eigenvalue weighted by atomic mass is 32.2. The molecular formula is C12H18N6O2S. The Morgan fingerprint density at radius 1 is 1.29 bits per heavy atom. The smallest absolute Gasteiger partial charge is 0.244 e. The van der Waals surface area contributed by atoms with Gasteiger partial charge in [0.25, 0.3) is 0 Å². The fourth-order valence-corrected chi connectivity index (χ4v) is 3.03. The molecule has 8 nitrogen and oxygen atoms in total. The Hall–Kier alpha value is -1.97. The van der Waals surface area contributed by atoms with Crippen LogP contribution in [0, 0.1) is 0 Å². The van der Waals surface area contributed by atoms with Crippen LogP contribution in [0.1, 0.15) is 12.8 Å². The van der Waals surface area contributed by atoms with Gasteiger partial charge in [-0.25, -0.2) is 29.0 Å². The van der Waals surface area contributed by atoms with E-state index in [2.05, 4.69) is 20.1 Å². The van der Waals surface area contributed by atoms with E-state index in [-0.39, 0.29) is 10.7 Å². The van der Waals surface area contributed by atoms with Crippen molar-refractivity contribution in [2.45, 2.75) is 24.3 Å². The van der Waals surface area contributed by atoms with E-state index in [1.807, 2.05) is 10.8 Å². The topological polar surface area (TPSA) is 115 Å². The SMILES string of the molecule is NNc1ncccc1S(=O)(=O)NCCCCn1ccnc1. The molecule has 0 atom stereocenters. The van der Waals surface area contributed by atoms with Crippen molar-refractivity contribution in [3.63, 3.8) is 0 Å². The molecule has 0 bridgehead atoms. The van der Waals surface area contributed by atoms with E-state index in [0.717, 1.165) is 19.4 Å². The Morgan fingerprint density at radius 2 is 2.14 bits per heavy atom. The lowest BCUT2D eigenvalue weighted by molar-refractivity contribution is 0.566. The molecule has 0 saturated heterocycles. The maximum Gasteiger partial charge on any atom is 0.244 e. The van der Waals surface area contributed by atoms with Gasteiger partial charge in [-0.15, -0.1) is 0 Å². The second-order valence-corrected chi connectivity index (χ2v) is 6.14. The van der Waals surface area contributed by atoms with Crippen LogP contribution >= 0.6 is 0 Å². The van der Waals surface area contributed by atoms with Crippen LogP contribution in [-0.2, 0) is 16.6 Å². The van der Waals surface area contributed by atoms with Gasteiger partial charge in [0.05, 0.1) is 6.33 Å². The summed E-state index contributed by atoms with van der Waals surface area (Å²) in [5.74, 6) is 5.39. The Morgan fingerprint density at radius 3 is 2.86 bits per heavy atom. The molecule has 0 fully saturated rings. The molecule has 0 saturated carbocycles. The molecular weight excluding hydrogens is 292 g/mol. The molecule has 2 rings (SSSR count). The predicted molar refractivity (Wildman–Crippen MR) is 78.7 cm³/mol. The van der Waals surface area contributed by atoms with E-state index in [1.54, 1.807) is 18.6 Å². The molecule has 0 aliphatic carbocycles. The van der Waals surface area contributed by atoms with Gasteiger partial charge in [-0.1, -0.05) is 0 Å². The highest BCUT2D eigenvalue weighted by molar-refractivity contribution is 7.89. The van der Waals surface area contributed by atoms with Gasteiger partial charge in [-0.2, -0.15) is 0 Å². The number of nitrogens with one attached hydrogen (secondary N) is 2. The van der Waals surface area contributed by atoms with Crippen molar-refractivity contribution < 1.29 is 8.42 Å². The largest absolute Gasteiger partial charge is 0.337 e. The quantitative estimate of drug-likeness (QED) is 0.367. The van der Waals surface area contributed by atoms with Gasteiger partial charge in [0.2, 0.25) is 10.0 Å². The maximum absolute atomic E-state index is 12.1. The van der Waals surface area contributed by atoms with E-state index in [9.17, 15) is 8.42 Å². The zero-order valence-corrected chi connectivity index (χ0v) is 12.3.